The highest BCUT2D eigenvalue weighted by Gasteiger charge is 2.39. The van der Waals surface area contributed by atoms with Crippen LogP contribution in [0.15, 0.2) is 0 Å². The first-order valence-corrected chi connectivity index (χ1v) is 6.19. The minimum Gasteiger partial charge on any atom is -0.372 e. The second-order valence-corrected chi connectivity index (χ2v) is 5.17. The van der Waals surface area contributed by atoms with E-state index in [4.69, 9.17) is 4.74 Å². The van der Waals surface area contributed by atoms with Gasteiger partial charge in [0.25, 0.3) is 5.91 Å². The molecule has 1 N–H and O–H groups in total. The number of nitrogens with one attached hydrogen (secondary N) is 1. The first kappa shape index (κ1) is 14.7. The number of hydrogen-bond donors (Lipinski definition) is 1. The summed E-state index contributed by atoms with van der Waals surface area (Å²) in [4.78, 5) is 14.0. The number of nitrogens with zero attached hydrogens (tertiary/aromatic N) is 1. The van der Waals surface area contributed by atoms with Crippen LogP contribution in [-0.2, 0) is 9.53 Å². The third-order valence-corrected chi connectivity index (χ3v) is 4.01. The van der Waals surface area contributed by atoms with Gasteiger partial charge in [-0.1, -0.05) is 0 Å². The van der Waals surface area contributed by atoms with Gasteiger partial charge in [-0.2, -0.15) is 0 Å². The van der Waals surface area contributed by atoms with Crippen LogP contribution in [-0.4, -0.2) is 50.2 Å². The number of rotatable bonds is 2. The molecule has 0 aromatic heterocycles. The van der Waals surface area contributed by atoms with Crippen LogP contribution >= 0.6 is 12.4 Å². The lowest BCUT2D eigenvalue weighted by molar-refractivity contribution is -0.144. The molecule has 5 heteroatoms. The fourth-order valence-corrected chi connectivity index (χ4v) is 2.90. The molecule has 100 valence electrons. The van der Waals surface area contributed by atoms with Crippen molar-refractivity contribution >= 4 is 18.3 Å². The second kappa shape index (κ2) is 6.03. The molecule has 0 aromatic rings. The average Bonchev–Trinajstić information content (AvgIpc) is 2.75. The summed E-state index contributed by atoms with van der Waals surface area (Å²) in [5.74, 6) is 0.147. The number of methoxy groups -OCH3 is 1. The van der Waals surface area contributed by atoms with Crippen molar-refractivity contribution in [2.24, 2.45) is 5.41 Å². The Labute approximate surface area is 109 Å². The fourth-order valence-electron chi connectivity index (χ4n) is 2.90. The van der Waals surface area contributed by atoms with E-state index in [1.165, 1.54) is 12.8 Å². The first-order chi connectivity index (χ1) is 7.67. The predicted molar refractivity (Wildman–Crippen MR) is 69.5 cm³/mol. The van der Waals surface area contributed by atoms with Crippen LogP contribution in [0.25, 0.3) is 0 Å². The molecule has 0 aliphatic carbocycles. The fraction of sp³-hybridized carbons (Fsp3) is 0.917. The predicted octanol–water partition coefficient (Wildman–Crippen LogP) is 1.05. The van der Waals surface area contributed by atoms with Gasteiger partial charge in [-0.3, -0.25) is 4.79 Å². The SMILES string of the molecule is COC(C)C(=O)N1CCCC2(CCNC2)C1.Cl. The van der Waals surface area contributed by atoms with Crippen molar-refractivity contribution in [1.29, 1.82) is 0 Å². The van der Waals surface area contributed by atoms with Crippen molar-refractivity contribution < 1.29 is 9.53 Å². The van der Waals surface area contributed by atoms with Crippen LogP contribution in [0.1, 0.15) is 26.2 Å². The van der Waals surface area contributed by atoms with Gasteiger partial charge in [-0.25, -0.2) is 0 Å². The van der Waals surface area contributed by atoms with Gasteiger partial charge in [0, 0.05) is 32.2 Å². The normalized spacial score (nSPS) is 30.1. The number of likely N-dealkylation sites (tertiary alicyclic amines) is 1. The quantitative estimate of drug-likeness (QED) is 0.809. The van der Waals surface area contributed by atoms with Crippen molar-refractivity contribution in [2.75, 3.05) is 33.3 Å². The van der Waals surface area contributed by atoms with Crippen LogP contribution in [0.2, 0.25) is 0 Å². The van der Waals surface area contributed by atoms with Crippen molar-refractivity contribution in [3.63, 3.8) is 0 Å². The molecule has 2 aliphatic heterocycles. The van der Waals surface area contributed by atoms with Gasteiger partial charge in [-0.15, -0.1) is 12.4 Å². The molecular weight excluding hydrogens is 240 g/mol. The standard InChI is InChI=1S/C12H22N2O2.ClH/c1-10(16-2)11(15)14-7-3-4-12(9-14)5-6-13-8-12;/h10,13H,3-9H2,1-2H3;1H. The molecule has 0 saturated carbocycles. The first-order valence-electron chi connectivity index (χ1n) is 6.19. The molecule has 2 fully saturated rings. The summed E-state index contributed by atoms with van der Waals surface area (Å²) >= 11 is 0. The van der Waals surface area contributed by atoms with Gasteiger partial charge in [0.2, 0.25) is 0 Å². The van der Waals surface area contributed by atoms with Crippen LogP contribution in [0, 0.1) is 5.41 Å². The maximum atomic E-state index is 12.0. The van der Waals surface area contributed by atoms with E-state index in [2.05, 4.69) is 5.32 Å². The molecule has 2 aliphatic rings. The second-order valence-electron chi connectivity index (χ2n) is 5.17. The highest BCUT2D eigenvalue weighted by molar-refractivity contribution is 5.85. The number of amides is 1. The molecule has 0 radical (unpaired) electrons. The third kappa shape index (κ3) is 3.12. The Morgan fingerprint density at radius 1 is 1.47 bits per heavy atom. The summed E-state index contributed by atoms with van der Waals surface area (Å²) in [6, 6.07) is 0. The van der Waals surface area contributed by atoms with Gasteiger partial charge < -0.3 is 15.0 Å². The topological polar surface area (TPSA) is 41.6 Å². The third-order valence-electron chi connectivity index (χ3n) is 4.01. The molecule has 2 rings (SSSR count). The van der Waals surface area contributed by atoms with E-state index >= 15 is 0 Å². The summed E-state index contributed by atoms with van der Waals surface area (Å²) in [5, 5.41) is 3.42. The highest BCUT2D eigenvalue weighted by atomic mass is 35.5. The molecule has 2 unspecified atom stereocenters. The van der Waals surface area contributed by atoms with Crippen molar-refractivity contribution in [3.05, 3.63) is 0 Å². The number of carbonyl (C=O) groups excluding carboxylic acids is 1. The van der Waals surface area contributed by atoms with E-state index in [0.717, 1.165) is 32.6 Å². The zero-order chi connectivity index (χ0) is 11.6. The van der Waals surface area contributed by atoms with E-state index < -0.39 is 0 Å². The summed E-state index contributed by atoms with van der Waals surface area (Å²) in [5.41, 5.74) is 0.349. The molecule has 0 aromatic carbocycles. The lowest BCUT2D eigenvalue weighted by Crippen LogP contribution is -2.50. The van der Waals surface area contributed by atoms with Gasteiger partial charge in [0.15, 0.2) is 0 Å². The number of ether oxygens (including phenoxy) is 1. The van der Waals surface area contributed by atoms with Crippen LogP contribution < -0.4 is 5.32 Å². The lowest BCUT2D eigenvalue weighted by atomic mass is 9.79. The molecule has 1 amide bonds. The average molecular weight is 263 g/mol. The Morgan fingerprint density at radius 3 is 2.82 bits per heavy atom. The van der Waals surface area contributed by atoms with Gasteiger partial charge in [0.1, 0.15) is 6.10 Å². The smallest absolute Gasteiger partial charge is 0.251 e. The summed E-state index contributed by atoms with van der Waals surface area (Å²) in [6.07, 6.45) is 3.29. The van der Waals surface area contributed by atoms with E-state index in [0.29, 0.717) is 5.41 Å². The summed E-state index contributed by atoms with van der Waals surface area (Å²) in [6.45, 7) is 5.80. The molecule has 0 bridgehead atoms. The molecule has 4 nitrogen and oxygen atoms in total. The number of carbonyl (C=O) groups is 1. The zero-order valence-corrected chi connectivity index (χ0v) is 11.5. The molecule has 17 heavy (non-hydrogen) atoms. The van der Waals surface area contributed by atoms with E-state index in [9.17, 15) is 4.79 Å². The Balaban J connectivity index is 0.00000144. The monoisotopic (exact) mass is 262 g/mol. The minimum atomic E-state index is -0.301. The van der Waals surface area contributed by atoms with Crippen molar-refractivity contribution in [3.8, 4) is 0 Å². The van der Waals surface area contributed by atoms with Gasteiger partial charge >= 0.3 is 0 Å². The van der Waals surface area contributed by atoms with Gasteiger partial charge in [0.05, 0.1) is 0 Å². The zero-order valence-electron chi connectivity index (χ0n) is 10.7. The Bertz CT molecular complexity index is 267. The van der Waals surface area contributed by atoms with Crippen LogP contribution in [0.3, 0.4) is 0 Å². The maximum absolute atomic E-state index is 12.0. The van der Waals surface area contributed by atoms with E-state index in [1.54, 1.807) is 7.11 Å². The number of hydrogen-bond acceptors (Lipinski definition) is 3. The van der Waals surface area contributed by atoms with Crippen LogP contribution in [0.5, 0.6) is 0 Å². The van der Waals surface area contributed by atoms with Gasteiger partial charge in [-0.05, 0) is 32.7 Å². The lowest BCUT2D eigenvalue weighted by Gasteiger charge is -2.40. The number of piperidine rings is 1. The Morgan fingerprint density at radius 2 is 2.24 bits per heavy atom. The molecular formula is C12H23ClN2O2. The Kier molecular flexibility index (Phi) is 5.22. The highest BCUT2D eigenvalue weighted by Crippen LogP contribution is 2.35. The van der Waals surface area contributed by atoms with E-state index in [-0.39, 0.29) is 24.4 Å². The molecule has 2 saturated heterocycles. The maximum Gasteiger partial charge on any atom is 0.251 e. The van der Waals surface area contributed by atoms with Crippen molar-refractivity contribution in [1.82, 2.24) is 10.2 Å². The summed E-state index contributed by atoms with van der Waals surface area (Å²) in [7, 11) is 1.60. The Hall–Kier alpha value is -0.320. The molecule has 2 heterocycles. The number of halogens is 1. The molecule has 2 atom stereocenters. The van der Waals surface area contributed by atoms with E-state index in [1.807, 2.05) is 11.8 Å². The van der Waals surface area contributed by atoms with Crippen molar-refractivity contribution in [2.45, 2.75) is 32.3 Å². The summed E-state index contributed by atoms with van der Waals surface area (Å²) < 4.78 is 5.11. The minimum absolute atomic E-state index is 0. The molecule has 1 spiro atoms. The van der Waals surface area contributed by atoms with Crippen LogP contribution in [0.4, 0.5) is 0 Å². The largest absolute Gasteiger partial charge is 0.372 e.